The molecule has 1 atom stereocenters. The van der Waals surface area contributed by atoms with Gasteiger partial charge in [0.15, 0.2) is 0 Å². The van der Waals surface area contributed by atoms with Crippen LogP contribution in [0.3, 0.4) is 0 Å². The molecule has 0 saturated heterocycles. The highest BCUT2D eigenvalue weighted by Crippen LogP contribution is 2.32. The molecule has 1 N–H and O–H groups in total. The Morgan fingerprint density at radius 2 is 1.45 bits per heavy atom. The number of likely N-dealkylation sites (N-methyl/N-ethyl adjacent to an activating group) is 1. The number of hydrogen-bond donors (Lipinski definition) is 1. The molecule has 3 aromatic carbocycles. The molecule has 0 aliphatic heterocycles. The van der Waals surface area contributed by atoms with Crippen LogP contribution in [-0.2, 0) is 26.2 Å². The monoisotopic (exact) mass is 623 g/mol. The van der Waals surface area contributed by atoms with Crippen molar-refractivity contribution in [1.29, 1.82) is 0 Å². The Morgan fingerprint density at radius 3 is 2.02 bits per heavy atom. The molecule has 0 aromatic heterocycles. The lowest BCUT2D eigenvalue weighted by Gasteiger charge is -2.34. The van der Waals surface area contributed by atoms with Gasteiger partial charge in [0.1, 0.15) is 12.6 Å². The molecule has 3 aromatic rings. The third-order valence-electron chi connectivity index (χ3n) is 6.52. The van der Waals surface area contributed by atoms with Gasteiger partial charge >= 0.3 is 0 Å². The maximum Gasteiger partial charge on any atom is 0.264 e. The van der Waals surface area contributed by atoms with Crippen LogP contribution in [0.4, 0.5) is 5.69 Å². The van der Waals surface area contributed by atoms with Crippen LogP contribution in [0, 0.1) is 13.8 Å². The molecule has 0 saturated carbocycles. The standard InChI is InChI=1S/C29H32Cl3N3O4S/c1-5-26(29(37)33-6-2)34(17-22-24(31)10-7-11-25(22)32)28(36)18-35(27-12-8-9-23(30)20(27)4)40(38,39)21-15-13-19(3)14-16-21/h7-16,26H,5-6,17-18H2,1-4H3,(H,33,37). The van der Waals surface area contributed by atoms with E-state index in [1.807, 2.05) is 6.92 Å². The number of anilines is 1. The normalized spacial score (nSPS) is 12.1. The zero-order valence-electron chi connectivity index (χ0n) is 22.7. The van der Waals surface area contributed by atoms with Gasteiger partial charge in [-0.1, -0.05) is 71.6 Å². The Hall–Kier alpha value is -2.78. The fraction of sp³-hybridized carbons (Fsp3) is 0.310. The van der Waals surface area contributed by atoms with Gasteiger partial charge in [-0.05, 0) is 69.2 Å². The largest absolute Gasteiger partial charge is 0.355 e. The van der Waals surface area contributed by atoms with Gasteiger partial charge < -0.3 is 10.2 Å². The van der Waals surface area contributed by atoms with Crippen LogP contribution in [0.1, 0.15) is 37.0 Å². The van der Waals surface area contributed by atoms with E-state index in [0.717, 1.165) is 9.87 Å². The molecular formula is C29H32Cl3N3O4S. The zero-order valence-corrected chi connectivity index (χ0v) is 25.8. The van der Waals surface area contributed by atoms with Gasteiger partial charge in [-0.15, -0.1) is 0 Å². The summed E-state index contributed by atoms with van der Waals surface area (Å²) in [5.74, 6) is -0.974. The van der Waals surface area contributed by atoms with Crippen LogP contribution >= 0.6 is 34.8 Å². The van der Waals surface area contributed by atoms with E-state index in [-0.39, 0.29) is 29.5 Å². The van der Waals surface area contributed by atoms with Crippen molar-refractivity contribution in [1.82, 2.24) is 10.2 Å². The molecule has 40 heavy (non-hydrogen) atoms. The average molecular weight is 625 g/mol. The average Bonchev–Trinajstić information content (AvgIpc) is 2.91. The molecule has 7 nitrogen and oxygen atoms in total. The van der Waals surface area contributed by atoms with Crippen molar-refractivity contribution in [2.75, 3.05) is 17.4 Å². The molecule has 0 spiro atoms. The quantitative estimate of drug-likeness (QED) is 0.267. The van der Waals surface area contributed by atoms with E-state index in [1.165, 1.54) is 17.0 Å². The van der Waals surface area contributed by atoms with Gasteiger partial charge in [0.25, 0.3) is 10.0 Å². The van der Waals surface area contributed by atoms with E-state index in [0.29, 0.717) is 32.7 Å². The number of nitrogens with zero attached hydrogens (tertiary/aromatic N) is 2. The first-order valence-corrected chi connectivity index (χ1v) is 15.3. The summed E-state index contributed by atoms with van der Waals surface area (Å²) in [7, 11) is -4.22. The van der Waals surface area contributed by atoms with Gasteiger partial charge in [-0.25, -0.2) is 8.42 Å². The lowest BCUT2D eigenvalue weighted by molar-refractivity contribution is -0.140. The number of sulfonamides is 1. The number of carbonyl (C=O) groups excluding carboxylic acids is 2. The first-order chi connectivity index (χ1) is 18.9. The minimum Gasteiger partial charge on any atom is -0.355 e. The maximum atomic E-state index is 14.1. The third-order valence-corrected chi connectivity index (χ3v) is 9.41. The van der Waals surface area contributed by atoms with Crippen molar-refractivity contribution in [2.24, 2.45) is 0 Å². The van der Waals surface area contributed by atoms with Gasteiger partial charge in [0.2, 0.25) is 11.8 Å². The molecule has 0 heterocycles. The minimum absolute atomic E-state index is 0.0155. The number of nitrogens with one attached hydrogen (secondary N) is 1. The van der Waals surface area contributed by atoms with E-state index in [1.54, 1.807) is 69.3 Å². The predicted molar refractivity (Wildman–Crippen MR) is 162 cm³/mol. The molecular weight excluding hydrogens is 593 g/mol. The Morgan fingerprint density at radius 1 is 0.875 bits per heavy atom. The highest BCUT2D eigenvalue weighted by atomic mass is 35.5. The van der Waals surface area contributed by atoms with Crippen LogP contribution in [0.5, 0.6) is 0 Å². The van der Waals surface area contributed by atoms with Gasteiger partial charge in [0, 0.05) is 33.7 Å². The van der Waals surface area contributed by atoms with Gasteiger partial charge in [0.05, 0.1) is 10.6 Å². The van der Waals surface area contributed by atoms with Crippen molar-refractivity contribution in [3.05, 3.63) is 92.4 Å². The number of aryl methyl sites for hydroxylation is 1. The summed E-state index contributed by atoms with van der Waals surface area (Å²) < 4.78 is 29.0. The summed E-state index contributed by atoms with van der Waals surface area (Å²) in [6.45, 7) is 6.76. The molecule has 0 bridgehead atoms. The number of rotatable bonds is 11. The Kier molecular flexibility index (Phi) is 10.9. The SMILES string of the molecule is CCNC(=O)C(CC)N(Cc1c(Cl)cccc1Cl)C(=O)CN(c1cccc(Cl)c1C)S(=O)(=O)c1ccc(C)cc1. The molecule has 11 heteroatoms. The Bertz CT molecular complexity index is 1460. The fourth-order valence-corrected chi connectivity index (χ4v) is 6.44. The lowest BCUT2D eigenvalue weighted by atomic mass is 10.1. The predicted octanol–water partition coefficient (Wildman–Crippen LogP) is 6.40. The zero-order chi connectivity index (χ0) is 29.6. The highest BCUT2D eigenvalue weighted by Gasteiger charge is 2.34. The first-order valence-electron chi connectivity index (χ1n) is 12.8. The highest BCUT2D eigenvalue weighted by molar-refractivity contribution is 7.92. The van der Waals surface area contributed by atoms with Crippen molar-refractivity contribution >= 4 is 62.3 Å². The molecule has 1 unspecified atom stereocenters. The third kappa shape index (κ3) is 7.10. The lowest BCUT2D eigenvalue weighted by Crippen LogP contribution is -2.52. The van der Waals surface area contributed by atoms with E-state index >= 15 is 0 Å². The second-order valence-corrected chi connectivity index (χ2v) is 12.3. The van der Waals surface area contributed by atoms with Crippen LogP contribution in [0.2, 0.25) is 15.1 Å². The van der Waals surface area contributed by atoms with Crippen molar-refractivity contribution in [3.8, 4) is 0 Å². The Balaban J connectivity index is 2.14. The molecule has 0 aliphatic rings. The van der Waals surface area contributed by atoms with Crippen LogP contribution in [0.15, 0.2) is 65.6 Å². The number of hydrogen-bond acceptors (Lipinski definition) is 4. The fourth-order valence-electron chi connectivity index (χ4n) is 4.28. The summed E-state index contributed by atoms with van der Waals surface area (Å²) >= 11 is 19.2. The molecule has 0 radical (unpaired) electrons. The molecule has 214 valence electrons. The molecule has 0 fully saturated rings. The number of halogens is 3. The maximum absolute atomic E-state index is 14.1. The summed E-state index contributed by atoms with van der Waals surface area (Å²) in [5.41, 5.74) is 2.08. The molecule has 3 rings (SSSR count). The van der Waals surface area contributed by atoms with E-state index < -0.39 is 28.5 Å². The van der Waals surface area contributed by atoms with Crippen molar-refractivity contribution in [2.45, 2.75) is 51.6 Å². The number of benzene rings is 3. The van der Waals surface area contributed by atoms with Crippen LogP contribution < -0.4 is 9.62 Å². The minimum atomic E-state index is -4.22. The van der Waals surface area contributed by atoms with Crippen LogP contribution in [0.25, 0.3) is 0 Å². The van der Waals surface area contributed by atoms with Crippen molar-refractivity contribution in [3.63, 3.8) is 0 Å². The first kappa shape index (κ1) is 31.7. The molecule has 0 aliphatic carbocycles. The molecule has 2 amide bonds. The second kappa shape index (κ2) is 13.7. The van der Waals surface area contributed by atoms with E-state index in [2.05, 4.69) is 5.32 Å². The smallest absolute Gasteiger partial charge is 0.264 e. The van der Waals surface area contributed by atoms with E-state index in [9.17, 15) is 18.0 Å². The second-order valence-electron chi connectivity index (χ2n) is 9.25. The summed E-state index contributed by atoms with van der Waals surface area (Å²) in [5, 5.41) is 3.76. The number of amides is 2. The summed E-state index contributed by atoms with van der Waals surface area (Å²) in [6, 6.07) is 15.3. The topological polar surface area (TPSA) is 86.8 Å². The van der Waals surface area contributed by atoms with Gasteiger partial charge in [-0.2, -0.15) is 0 Å². The van der Waals surface area contributed by atoms with Gasteiger partial charge in [-0.3, -0.25) is 13.9 Å². The summed E-state index contributed by atoms with van der Waals surface area (Å²) in [6.07, 6.45) is 0.278. The summed E-state index contributed by atoms with van der Waals surface area (Å²) in [4.78, 5) is 28.5. The van der Waals surface area contributed by atoms with Crippen LogP contribution in [-0.4, -0.2) is 44.3 Å². The van der Waals surface area contributed by atoms with E-state index in [4.69, 9.17) is 34.8 Å². The Labute approximate surface area is 251 Å². The van der Waals surface area contributed by atoms with Crippen molar-refractivity contribution < 1.29 is 18.0 Å². The number of carbonyl (C=O) groups is 2.